The minimum atomic E-state index is 0.0464. The SMILES string of the molecule is COc1cc2c(CO)csc2cc1Cl. The maximum atomic E-state index is 9.09. The molecule has 0 spiro atoms. The molecule has 0 saturated heterocycles. The fraction of sp³-hybridized carbons (Fsp3) is 0.200. The molecule has 1 aromatic carbocycles. The van der Waals surface area contributed by atoms with Crippen LogP contribution in [0.4, 0.5) is 0 Å². The Hall–Kier alpha value is -0.770. The molecule has 74 valence electrons. The molecule has 0 fully saturated rings. The largest absolute Gasteiger partial charge is 0.495 e. The summed E-state index contributed by atoms with van der Waals surface area (Å²) in [6, 6.07) is 3.72. The first-order valence-corrected chi connectivity index (χ1v) is 5.36. The lowest BCUT2D eigenvalue weighted by molar-refractivity contribution is 0.284. The minimum absolute atomic E-state index is 0.0464. The summed E-state index contributed by atoms with van der Waals surface area (Å²) in [5.74, 6) is 0.646. The van der Waals surface area contributed by atoms with Crippen molar-refractivity contribution in [2.75, 3.05) is 7.11 Å². The predicted molar refractivity (Wildman–Crippen MR) is 59.3 cm³/mol. The van der Waals surface area contributed by atoms with E-state index in [1.54, 1.807) is 18.4 Å². The fourth-order valence-electron chi connectivity index (χ4n) is 1.36. The quantitative estimate of drug-likeness (QED) is 0.856. The number of fused-ring (bicyclic) bond motifs is 1. The van der Waals surface area contributed by atoms with Crippen LogP contribution in [0.5, 0.6) is 5.75 Å². The van der Waals surface area contributed by atoms with Crippen LogP contribution in [0, 0.1) is 0 Å². The van der Waals surface area contributed by atoms with Gasteiger partial charge in [-0.1, -0.05) is 11.6 Å². The first-order chi connectivity index (χ1) is 6.76. The Bertz CT molecular complexity index is 464. The summed E-state index contributed by atoms with van der Waals surface area (Å²) in [5.41, 5.74) is 0.917. The van der Waals surface area contributed by atoms with E-state index >= 15 is 0 Å². The highest BCUT2D eigenvalue weighted by molar-refractivity contribution is 7.17. The topological polar surface area (TPSA) is 29.5 Å². The van der Waals surface area contributed by atoms with Crippen molar-refractivity contribution in [2.45, 2.75) is 6.61 Å². The van der Waals surface area contributed by atoms with Gasteiger partial charge in [-0.15, -0.1) is 11.3 Å². The van der Waals surface area contributed by atoms with Gasteiger partial charge in [0.15, 0.2) is 0 Å². The van der Waals surface area contributed by atoms with Crippen molar-refractivity contribution >= 4 is 33.0 Å². The number of rotatable bonds is 2. The summed E-state index contributed by atoms with van der Waals surface area (Å²) >= 11 is 7.55. The highest BCUT2D eigenvalue weighted by Crippen LogP contribution is 2.34. The van der Waals surface area contributed by atoms with Gasteiger partial charge in [0.2, 0.25) is 0 Å². The molecule has 2 nitrogen and oxygen atoms in total. The Kier molecular flexibility index (Phi) is 2.63. The van der Waals surface area contributed by atoms with Gasteiger partial charge < -0.3 is 9.84 Å². The van der Waals surface area contributed by atoms with Crippen LogP contribution in [0.3, 0.4) is 0 Å². The zero-order chi connectivity index (χ0) is 10.1. The van der Waals surface area contributed by atoms with E-state index in [1.807, 2.05) is 17.5 Å². The summed E-state index contributed by atoms with van der Waals surface area (Å²) in [5, 5.41) is 12.6. The molecular weight excluding hydrogens is 220 g/mol. The third-order valence-corrected chi connectivity index (χ3v) is 3.39. The summed E-state index contributed by atoms with van der Waals surface area (Å²) in [7, 11) is 1.58. The molecule has 1 heterocycles. The molecule has 0 aliphatic rings. The molecule has 4 heteroatoms. The molecular formula is C10H9ClO2S. The van der Waals surface area contributed by atoms with E-state index in [0.717, 1.165) is 15.6 Å². The van der Waals surface area contributed by atoms with Gasteiger partial charge in [0.25, 0.3) is 0 Å². The number of aliphatic hydroxyl groups is 1. The van der Waals surface area contributed by atoms with Crippen LogP contribution in [0.25, 0.3) is 10.1 Å². The number of ether oxygens (including phenoxy) is 1. The maximum absolute atomic E-state index is 9.09. The van der Waals surface area contributed by atoms with Gasteiger partial charge in [-0.3, -0.25) is 0 Å². The third-order valence-electron chi connectivity index (χ3n) is 2.10. The first kappa shape index (κ1) is 9.77. The van der Waals surface area contributed by atoms with Gasteiger partial charge in [0.1, 0.15) is 5.75 Å². The number of halogens is 1. The van der Waals surface area contributed by atoms with E-state index in [0.29, 0.717) is 10.8 Å². The highest BCUT2D eigenvalue weighted by atomic mass is 35.5. The number of benzene rings is 1. The lowest BCUT2D eigenvalue weighted by Gasteiger charge is -2.03. The summed E-state index contributed by atoms with van der Waals surface area (Å²) in [6.45, 7) is 0.0464. The number of methoxy groups -OCH3 is 1. The van der Waals surface area contributed by atoms with Crippen molar-refractivity contribution in [3.63, 3.8) is 0 Å². The van der Waals surface area contributed by atoms with Crippen LogP contribution in [-0.4, -0.2) is 12.2 Å². The van der Waals surface area contributed by atoms with Crippen LogP contribution >= 0.6 is 22.9 Å². The molecule has 0 aliphatic heterocycles. The highest BCUT2D eigenvalue weighted by Gasteiger charge is 2.08. The average molecular weight is 229 g/mol. The lowest BCUT2D eigenvalue weighted by Crippen LogP contribution is -1.85. The molecule has 2 aromatic rings. The minimum Gasteiger partial charge on any atom is -0.495 e. The molecule has 0 bridgehead atoms. The van der Waals surface area contributed by atoms with E-state index in [9.17, 15) is 0 Å². The zero-order valence-corrected chi connectivity index (χ0v) is 9.15. The third kappa shape index (κ3) is 1.47. The second-order valence-corrected chi connectivity index (χ2v) is 4.22. The van der Waals surface area contributed by atoms with Crippen molar-refractivity contribution in [1.82, 2.24) is 0 Å². The van der Waals surface area contributed by atoms with E-state index in [1.165, 1.54) is 0 Å². The molecule has 1 N–H and O–H groups in total. The van der Waals surface area contributed by atoms with Crippen molar-refractivity contribution in [1.29, 1.82) is 0 Å². The molecule has 0 amide bonds. The van der Waals surface area contributed by atoms with Gasteiger partial charge in [-0.2, -0.15) is 0 Å². The van der Waals surface area contributed by atoms with Gasteiger partial charge in [0.05, 0.1) is 18.7 Å². The first-order valence-electron chi connectivity index (χ1n) is 4.10. The summed E-state index contributed by atoms with van der Waals surface area (Å²) in [4.78, 5) is 0. The van der Waals surface area contributed by atoms with Crippen molar-refractivity contribution in [2.24, 2.45) is 0 Å². The van der Waals surface area contributed by atoms with Crippen molar-refractivity contribution in [3.8, 4) is 5.75 Å². The monoisotopic (exact) mass is 228 g/mol. The number of hydrogen-bond acceptors (Lipinski definition) is 3. The normalized spacial score (nSPS) is 10.8. The number of aliphatic hydroxyl groups excluding tert-OH is 1. The van der Waals surface area contributed by atoms with Gasteiger partial charge in [-0.25, -0.2) is 0 Å². The molecule has 1 aromatic heterocycles. The molecule has 0 saturated carbocycles. The second-order valence-electron chi connectivity index (χ2n) is 2.90. The molecule has 14 heavy (non-hydrogen) atoms. The van der Waals surface area contributed by atoms with E-state index in [2.05, 4.69) is 0 Å². The summed E-state index contributed by atoms with van der Waals surface area (Å²) < 4.78 is 6.18. The second kappa shape index (κ2) is 3.77. The number of thiophene rings is 1. The molecule has 0 aliphatic carbocycles. The predicted octanol–water partition coefficient (Wildman–Crippen LogP) is 3.06. The Morgan fingerprint density at radius 1 is 1.50 bits per heavy atom. The molecule has 0 unspecified atom stereocenters. The fourth-order valence-corrected chi connectivity index (χ4v) is 2.64. The average Bonchev–Trinajstić information content (AvgIpc) is 2.58. The van der Waals surface area contributed by atoms with Crippen molar-refractivity contribution < 1.29 is 9.84 Å². The van der Waals surface area contributed by atoms with Gasteiger partial charge in [0, 0.05) is 10.1 Å². The van der Waals surface area contributed by atoms with Crippen LogP contribution in [0.2, 0.25) is 5.02 Å². The standard InChI is InChI=1S/C10H9ClO2S/c1-13-9-2-7-6(4-12)5-14-10(7)3-8(9)11/h2-3,5,12H,4H2,1H3. The Morgan fingerprint density at radius 2 is 2.29 bits per heavy atom. The van der Waals surface area contributed by atoms with Crippen LogP contribution < -0.4 is 4.74 Å². The van der Waals surface area contributed by atoms with Crippen LogP contribution in [0.1, 0.15) is 5.56 Å². The van der Waals surface area contributed by atoms with E-state index < -0.39 is 0 Å². The Labute approximate surface area is 90.7 Å². The molecule has 0 atom stereocenters. The van der Waals surface area contributed by atoms with Crippen LogP contribution in [0.15, 0.2) is 17.5 Å². The molecule has 2 rings (SSSR count). The van der Waals surface area contributed by atoms with E-state index in [-0.39, 0.29) is 6.61 Å². The Balaban J connectivity index is 2.70. The Morgan fingerprint density at radius 3 is 2.93 bits per heavy atom. The van der Waals surface area contributed by atoms with E-state index in [4.69, 9.17) is 21.4 Å². The molecule has 0 radical (unpaired) electrons. The van der Waals surface area contributed by atoms with Crippen LogP contribution in [-0.2, 0) is 6.61 Å². The lowest BCUT2D eigenvalue weighted by atomic mass is 10.2. The zero-order valence-electron chi connectivity index (χ0n) is 7.58. The summed E-state index contributed by atoms with van der Waals surface area (Å²) in [6.07, 6.45) is 0. The van der Waals surface area contributed by atoms with Gasteiger partial charge in [-0.05, 0) is 23.1 Å². The maximum Gasteiger partial charge on any atom is 0.138 e. The number of hydrogen-bond donors (Lipinski definition) is 1. The smallest absolute Gasteiger partial charge is 0.138 e. The van der Waals surface area contributed by atoms with Crippen molar-refractivity contribution in [3.05, 3.63) is 28.1 Å². The van der Waals surface area contributed by atoms with Gasteiger partial charge >= 0.3 is 0 Å².